The van der Waals surface area contributed by atoms with Gasteiger partial charge in [0.1, 0.15) is 0 Å². The molecule has 0 aliphatic heterocycles. The highest BCUT2D eigenvalue weighted by Crippen LogP contribution is 2.23. The molecule has 0 aromatic heterocycles. The molecule has 1 aliphatic rings. The van der Waals surface area contributed by atoms with Crippen LogP contribution in [0, 0.1) is 12.3 Å². The van der Waals surface area contributed by atoms with Crippen molar-refractivity contribution >= 4 is 0 Å². The van der Waals surface area contributed by atoms with Crippen LogP contribution in [0.5, 0.6) is 0 Å². The highest BCUT2D eigenvalue weighted by molar-refractivity contribution is 5.15. The van der Waals surface area contributed by atoms with Gasteiger partial charge in [-0.1, -0.05) is 55.5 Å². The molecule has 1 aliphatic carbocycles. The lowest BCUT2D eigenvalue weighted by molar-refractivity contribution is 0.167. The molecule has 1 heteroatoms. The van der Waals surface area contributed by atoms with Crippen LogP contribution in [-0.4, -0.2) is 17.5 Å². The van der Waals surface area contributed by atoms with Crippen LogP contribution in [0.4, 0.5) is 0 Å². The van der Waals surface area contributed by atoms with E-state index < -0.39 is 0 Å². The fraction of sp³-hybridized carbons (Fsp3) is 0.500. The lowest BCUT2D eigenvalue weighted by Gasteiger charge is -2.33. The van der Waals surface area contributed by atoms with Crippen LogP contribution in [-0.2, 0) is 6.54 Å². The number of rotatable bonds is 4. The van der Waals surface area contributed by atoms with Crippen molar-refractivity contribution in [1.29, 1.82) is 0 Å². The van der Waals surface area contributed by atoms with Crippen molar-refractivity contribution in [2.24, 2.45) is 0 Å². The van der Waals surface area contributed by atoms with Crippen LogP contribution < -0.4 is 0 Å². The van der Waals surface area contributed by atoms with Crippen molar-refractivity contribution in [2.45, 2.75) is 44.7 Å². The number of nitrogens with zero attached hydrogens (tertiary/aromatic N) is 1. The normalized spacial score (nSPS) is 16.9. The summed E-state index contributed by atoms with van der Waals surface area (Å²) in [5.74, 6) is 2.81. The van der Waals surface area contributed by atoms with E-state index in [0.29, 0.717) is 6.04 Å². The Morgan fingerprint density at radius 3 is 2.47 bits per heavy atom. The molecule has 0 bridgehead atoms. The molecule has 0 spiro atoms. The van der Waals surface area contributed by atoms with Gasteiger partial charge in [-0.05, 0) is 18.4 Å². The summed E-state index contributed by atoms with van der Waals surface area (Å²) in [6.45, 7) is 1.77. The van der Waals surface area contributed by atoms with Crippen LogP contribution in [0.25, 0.3) is 0 Å². The zero-order valence-electron chi connectivity index (χ0n) is 10.4. The van der Waals surface area contributed by atoms with Gasteiger partial charge < -0.3 is 0 Å². The minimum atomic E-state index is 0.694. The third kappa shape index (κ3) is 3.61. The molecule has 1 saturated carbocycles. The monoisotopic (exact) mass is 227 g/mol. The van der Waals surface area contributed by atoms with E-state index in [9.17, 15) is 0 Å². The quantitative estimate of drug-likeness (QED) is 0.712. The number of benzene rings is 1. The van der Waals surface area contributed by atoms with E-state index in [4.69, 9.17) is 6.42 Å². The predicted molar refractivity (Wildman–Crippen MR) is 72.6 cm³/mol. The first-order chi connectivity index (χ1) is 8.40. The lowest BCUT2D eigenvalue weighted by atomic mass is 9.94. The first-order valence-electron chi connectivity index (χ1n) is 6.61. The Morgan fingerprint density at radius 1 is 1.12 bits per heavy atom. The van der Waals surface area contributed by atoms with Gasteiger partial charge in [0.15, 0.2) is 0 Å². The van der Waals surface area contributed by atoms with E-state index in [0.717, 1.165) is 13.1 Å². The lowest BCUT2D eigenvalue weighted by Crippen LogP contribution is -2.36. The SMILES string of the molecule is C#CCN(Cc1ccccc1)C1CCCCC1. The van der Waals surface area contributed by atoms with Gasteiger partial charge in [0.25, 0.3) is 0 Å². The summed E-state index contributed by atoms with van der Waals surface area (Å²) >= 11 is 0. The van der Waals surface area contributed by atoms with Crippen LogP contribution in [0.3, 0.4) is 0 Å². The van der Waals surface area contributed by atoms with E-state index in [1.807, 2.05) is 0 Å². The summed E-state index contributed by atoms with van der Waals surface area (Å²) in [5.41, 5.74) is 1.37. The fourth-order valence-electron chi connectivity index (χ4n) is 2.70. The van der Waals surface area contributed by atoms with Crippen molar-refractivity contribution < 1.29 is 0 Å². The van der Waals surface area contributed by atoms with E-state index >= 15 is 0 Å². The van der Waals surface area contributed by atoms with Gasteiger partial charge in [0.05, 0.1) is 6.54 Å². The molecule has 0 amide bonds. The summed E-state index contributed by atoms with van der Waals surface area (Å²) in [6, 6.07) is 11.3. The van der Waals surface area contributed by atoms with Crippen molar-refractivity contribution in [2.75, 3.05) is 6.54 Å². The Morgan fingerprint density at radius 2 is 1.82 bits per heavy atom. The average molecular weight is 227 g/mol. The summed E-state index contributed by atoms with van der Waals surface area (Å²) in [4.78, 5) is 2.47. The molecule has 0 radical (unpaired) electrons. The molecule has 0 N–H and O–H groups in total. The van der Waals surface area contributed by atoms with Gasteiger partial charge in [-0.25, -0.2) is 0 Å². The van der Waals surface area contributed by atoms with Crippen molar-refractivity contribution in [3.8, 4) is 12.3 Å². The van der Waals surface area contributed by atoms with Gasteiger partial charge in [0.2, 0.25) is 0 Å². The third-order valence-electron chi connectivity index (χ3n) is 3.61. The van der Waals surface area contributed by atoms with E-state index in [2.05, 4.69) is 41.2 Å². The maximum Gasteiger partial charge on any atom is 0.0604 e. The minimum absolute atomic E-state index is 0.694. The molecule has 0 unspecified atom stereocenters. The van der Waals surface area contributed by atoms with Gasteiger partial charge in [0, 0.05) is 12.6 Å². The van der Waals surface area contributed by atoms with Gasteiger partial charge >= 0.3 is 0 Å². The molecule has 1 aromatic rings. The summed E-state index contributed by atoms with van der Waals surface area (Å²) in [5, 5.41) is 0. The molecule has 0 atom stereocenters. The van der Waals surface area contributed by atoms with Crippen LogP contribution in [0.15, 0.2) is 30.3 Å². The zero-order chi connectivity index (χ0) is 11.9. The molecule has 17 heavy (non-hydrogen) atoms. The fourth-order valence-corrected chi connectivity index (χ4v) is 2.70. The van der Waals surface area contributed by atoms with Crippen molar-refractivity contribution in [3.63, 3.8) is 0 Å². The average Bonchev–Trinajstić information content (AvgIpc) is 2.40. The Balaban J connectivity index is 1.99. The van der Waals surface area contributed by atoms with Crippen LogP contribution >= 0.6 is 0 Å². The molecule has 1 fully saturated rings. The zero-order valence-corrected chi connectivity index (χ0v) is 10.4. The summed E-state index contributed by atoms with van der Waals surface area (Å²) in [7, 11) is 0. The first-order valence-corrected chi connectivity index (χ1v) is 6.61. The Bertz CT molecular complexity index is 357. The highest BCUT2D eigenvalue weighted by Gasteiger charge is 2.20. The second-order valence-corrected chi connectivity index (χ2v) is 4.89. The maximum atomic E-state index is 5.50. The molecular weight excluding hydrogens is 206 g/mol. The van der Waals surface area contributed by atoms with Crippen LogP contribution in [0.2, 0.25) is 0 Å². The smallest absolute Gasteiger partial charge is 0.0604 e. The Hall–Kier alpha value is -1.26. The highest BCUT2D eigenvalue weighted by atomic mass is 15.1. The van der Waals surface area contributed by atoms with Crippen LogP contribution in [0.1, 0.15) is 37.7 Å². The standard InChI is InChI=1S/C16H21N/c1-2-13-17(16-11-7-4-8-12-16)14-15-9-5-3-6-10-15/h1,3,5-6,9-10,16H,4,7-8,11-14H2. The maximum absolute atomic E-state index is 5.50. The predicted octanol–water partition coefficient (Wildman–Crippen LogP) is 3.45. The Labute approximate surface area is 105 Å². The molecule has 90 valence electrons. The van der Waals surface area contributed by atoms with Gasteiger partial charge in [-0.15, -0.1) is 6.42 Å². The molecular formula is C16H21N. The summed E-state index contributed by atoms with van der Waals surface area (Å²) in [6.07, 6.45) is 12.2. The number of hydrogen-bond acceptors (Lipinski definition) is 1. The molecule has 1 aromatic carbocycles. The van der Waals surface area contributed by atoms with E-state index in [-0.39, 0.29) is 0 Å². The number of terminal acetylenes is 1. The molecule has 1 nitrogen and oxygen atoms in total. The van der Waals surface area contributed by atoms with E-state index in [1.54, 1.807) is 0 Å². The first kappa shape index (κ1) is 12.2. The molecule has 0 saturated heterocycles. The second kappa shape index (κ2) is 6.47. The molecule has 0 heterocycles. The Kier molecular flexibility index (Phi) is 4.64. The van der Waals surface area contributed by atoms with Crippen molar-refractivity contribution in [3.05, 3.63) is 35.9 Å². The topological polar surface area (TPSA) is 3.24 Å². The van der Waals surface area contributed by atoms with Crippen molar-refractivity contribution in [1.82, 2.24) is 4.90 Å². The number of hydrogen-bond donors (Lipinski definition) is 0. The van der Waals surface area contributed by atoms with E-state index in [1.165, 1.54) is 37.7 Å². The van der Waals surface area contributed by atoms with Gasteiger partial charge in [-0.2, -0.15) is 0 Å². The summed E-state index contributed by atoms with van der Waals surface area (Å²) < 4.78 is 0. The minimum Gasteiger partial charge on any atom is -0.285 e. The third-order valence-corrected chi connectivity index (χ3v) is 3.61. The second-order valence-electron chi connectivity index (χ2n) is 4.89. The largest absolute Gasteiger partial charge is 0.285 e. The van der Waals surface area contributed by atoms with Gasteiger partial charge in [-0.3, -0.25) is 4.90 Å². The molecule has 2 rings (SSSR count).